The number of carbonyl (C=O) groups is 4. The highest BCUT2D eigenvalue weighted by Crippen LogP contribution is 2.55. The van der Waals surface area contributed by atoms with Crippen molar-refractivity contribution in [2.24, 2.45) is 5.92 Å². The fourth-order valence-electron chi connectivity index (χ4n) is 6.05. The lowest BCUT2D eigenvalue weighted by Gasteiger charge is -2.31. The quantitative estimate of drug-likeness (QED) is 0.174. The summed E-state index contributed by atoms with van der Waals surface area (Å²) in [6.07, 6.45) is -4.85. The van der Waals surface area contributed by atoms with Gasteiger partial charge in [0.1, 0.15) is 11.8 Å². The molecule has 260 valence electrons. The summed E-state index contributed by atoms with van der Waals surface area (Å²) in [4.78, 5) is 67.3. The molecule has 11 nitrogen and oxygen atoms in total. The first-order chi connectivity index (χ1) is 23.9. The predicted octanol–water partition coefficient (Wildman–Crippen LogP) is 5.56. The van der Waals surface area contributed by atoms with Crippen LogP contribution >= 0.6 is 23.1 Å². The number of halogens is 3. The number of thiazole rings is 1. The summed E-state index contributed by atoms with van der Waals surface area (Å²) < 4.78 is 59.2. The molecular weight excluding hydrogens is 700 g/mol. The molecule has 3 heterocycles. The van der Waals surface area contributed by atoms with Crippen molar-refractivity contribution in [1.29, 1.82) is 0 Å². The molecule has 3 amide bonds. The first-order valence-electron chi connectivity index (χ1n) is 15.1. The fraction of sp³-hybridized carbons (Fsp3) is 0.265. The zero-order chi connectivity index (χ0) is 35.9. The van der Waals surface area contributed by atoms with E-state index in [9.17, 15) is 37.1 Å². The van der Waals surface area contributed by atoms with E-state index in [0.29, 0.717) is 26.8 Å². The van der Waals surface area contributed by atoms with Gasteiger partial charge in [-0.2, -0.15) is 13.2 Å². The Morgan fingerprint density at radius 2 is 1.62 bits per heavy atom. The molecule has 0 bridgehead atoms. The SMILES string of the molecule is CCOC(=O)c1ccc(NC(=O)Cn2c3c(sc2=O)[C@H](c2ccc(OC)c(OC)c2)C2C(=O)N(c4ccccc4C(F)(F)F)C(=O)C2S3)cc1. The average molecular weight is 728 g/mol. The first kappa shape index (κ1) is 34.8. The van der Waals surface area contributed by atoms with Crippen molar-refractivity contribution < 1.29 is 46.6 Å². The Labute approximate surface area is 290 Å². The van der Waals surface area contributed by atoms with E-state index in [1.165, 1.54) is 55.2 Å². The number of benzene rings is 3. The third kappa shape index (κ3) is 6.24. The lowest BCUT2D eigenvalue weighted by Crippen LogP contribution is -2.33. The number of fused-ring (bicyclic) bond motifs is 2. The number of nitrogens with zero attached hydrogens (tertiary/aromatic N) is 2. The summed E-state index contributed by atoms with van der Waals surface area (Å²) in [5.41, 5.74) is -0.669. The van der Waals surface area contributed by atoms with Gasteiger partial charge < -0.3 is 19.5 Å². The molecule has 0 radical (unpaired) electrons. The van der Waals surface area contributed by atoms with Gasteiger partial charge in [-0.3, -0.25) is 23.7 Å². The molecule has 1 saturated heterocycles. The van der Waals surface area contributed by atoms with Crippen LogP contribution in [0.25, 0.3) is 0 Å². The molecule has 0 spiro atoms. The largest absolute Gasteiger partial charge is 0.493 e. The van der Waals surface area contributed by atoms with Gasteiger partial charge in [-0.1, -0.05) is 41.3 Å². The van der Waals surface area contributed by atoms with Crippen LogP contribution in [0.1, 0.15) is 39.2 Å². The molecule has 4 aromatic rings. The maximum absolute atomic E-state index is 14.2. The first-order valence-corrected chi connectivity index (χ1v) is 16.8. The minimum atomic E-state index is -4.85. The summed E-state index contributed by atoms with van der Waals surface area (Å²) >= 11 is 1.64. The van der Waals surface area contributed by atoms with Gasteiger partial charge in [0, 0.05) is 16.5 Å². The molecule has 2 unspecified atom stereocenters. The number of esters is 1. The van der Waals surface area contributed by atoms with Crippen LogP contribution < -0.4 is 24.6 Å². The number of amides is 3. The number of hydrogen-bond donors (Lipinski definition) is 1. The number of thioether (sulfide) groups is 1. The zero-order valence-electron chi connectivity index (χ0n) is 26.6. The second kappa shape index (κ2) is 13.7. The van der Waals surface area contributed by atoms with Crippen LogP contribution in [0.5, 0.6) is 11.5 Å². The van der Waals surface area contributed by atoms with Crippen LogP contribution in [0.4, 0.5) is 24.5 Å². The Hall–Kier alpha value is -5.09. The molecule has 3 aromatic carbocycles. The number of ether oxygens (including phenoxy) is 3. The van der Waals surface area contributed by atoms with Gasteiger partial charge in [-0.15, -0.1) is 0 Å². The molecule has 0 aliphatic carbocycles. The van der Waals surface area contributed by atoms with E-state index in [4.69, 9.17) is 14.2 Å². The summed E-state index contributed by atoms with van der Waals surface area (Å²) in [7, 11) is 2.84. The van der Waals surface area contributed by atoms with Crippen LogP contribution in [0.15, 0.2) is 76.6 Å². The monoisotopic (exact) mass is 727 g/mol. The van der Waals surface area contributed by atoms with Crippen LogP contribution in [0, 0.1) is 5.92 Å². The van der Waals surface area contributed by atoms with Gasteiger partial charge >= 0.3 is 17.0 Å². The summed E-state index contributed by atoms with van der Waals surface area (Å²) in [6, 6.07) is 15.1. The van der Waals surface area contributed by atoms with Gasteiger partial charge in [0.05, 0.1) is 48.6 Å². The van der Waals surface area contributed by atoms with Gasteiger partial charge in [-0.05, 0) is 61.0 Å². The maximum atomic E-state index is 14.2. The lowest BCUT2D eigenvalue weighted by atomic mass is 9.83. The number of nitrogens with one attached hydrogen (secondary N) is 1. The van der Waals surface area contributed by atoms with Crippen molar-refractivity contribution in [2.45, 2.75) is 35.8 Å². The Morgan fingerprint density at radius 3 is 2.28 bits per heavy atom. The van der Waals surface area contributed by atoms with Crippen molar-refractivity contribution in [3.05, 3.63) is 98.0 Å². The third-order valence-corrected chi connectivity index (χ3v) is 10.9. The molecule has 6 rings (SSSR count). The van der Waals surface area contributed by atoms with Gasteiger partial charge in [0.2, 0.25) is 17.7 Å². The summed E-state index contributed by atoms with van der Waals surface area (Å²) in [5.74, 6) is -4.37. The molecule has 16 heteroatoms. The van der Waals surface area contributed by atoms with Crippen LogP contribution in [-0.4, -0.2) is 54.3 Å². The van der Waals surface area contributed by atoms with Crippen molar-refractivity contribution in [2.75, 3.05) is 31.0 Å². The number of rotatable bonds is 9. The number of para-hydroxylation sites is 1. The number of hydrogen-bond acceptors (Lipinski definition) is 10. The van der Waals surface area contributed by atoms with Gasteiger partial charge in [0.15, 0.2) is 11.5 Å². The molecule has 0 saturated carbocycles. The minimum absolute atomic E-state index is 0.197. The van der Waals surface area contributed by atoms with Crippen molar-refractivity contribution >= 4 is 58.2 Å². The molecule has 1 fully saturated rings. The molecule has 2 aliphatic rings. The van der Waals surface area contributed by atoms with E-state index in [-0.39, 0.29) is 22.9 Å². The average Bonchev–Trinajstić information content (AvgIpc) is 3.53. The van der Waals surface area contributed by atoms with Crippen LogP contribution in [0.2, 0.25) is 0 Å². The lowest BCUT2D eigenvalue weighted by molar-refractivity contribution is -0.137. The number of alkyl halides is 3. The zero-order valence-corrected chi connectivity index (χ0v) is 28.2. The topological polar surface area (TPSA) is 133 Å². The van der Waals surface area contributed by atoms with Crippen molar-refractivity contribution in [3.8, 4) is 11.5 Å². The highest BCUT2D eigenvalue weighted by Gasteiger charge is 2.58. The highest BCUT2D eigenvalue weighted by molar-refractivity contribution is 8.00. The number of carbonyl (C=O) groups excluding carboxylic acids is 4. The van der Waals surface area contributed by atoms with E-state index >= 15 is 0 Å². The fourth-order valence-corrected chi connectivity index (χ4v) is 8.83. The maximum Gasteiger partial charge on any atom is 0.418 e. The smallest absolute Gasteiger partial charge is 0.418 e. The van der Waals surface area contributed by atoms with Gasteiger partial charge in [-0.25, -0.2) is 9.69 Å². The van der Waals surface area contributed by atoms with E-state index in [2.05, 4.69) is 5.32 Å². The third-order valence-electron chi connectivity index (χ3n) is 8.25. The number of aromatic nitrogens is 1. The molecule has 2 aliphatic heterocycles. The standard InChI is InChI=1S/C34H28F3N3O8S2/c1-4-48-32(44)17-9-12-19(13-10-17)38-24(41)16-39-31-28(50-33(39)45)25(18-11-14-22(46-2)23(15-18)47-3)26-27(49-31)30(43)40(29(26)42)21-8-6-5-7-20(21)34(35,36)37/h5-15,25-27H,4,16H2,1-3H3,(H,38,41)/t25-,26?,27?/m1/s1. The number of imide groups is 1. The molecule has 3 atom stereocenters. The number of methoxy groups -OCH3 is 2. The Morgan fingerprint density at radius 1 is 0.920 bits per heavy atom. The van der Waals surface area contributed by atoms with E-state index < -0.39 is 69.6 Å². The van der Waals surface area contributed by atoms with E-state index in [1.54, 1.807) is 25.1 Å². The number of anilines is 2. The Balaban J connectivity index is 1.40. The van der Waals surface area contributed by atoms with E-state index in [0.717, 1.165) is 35.2 Å². The summed E-state index contributed by atoms with van der Waals surface area (Å²) in [6.45, 7) is 1.40. The van der Waals surface area contributed by atoms with Crippen molar-refractivity contribution in [1.82, 2.24) is 4.57 Å². The van der Waals surface area contributed by atoms with Crippen LogP contribution in [-0.2, 0) is 31.8 Å². The highest BCUT2D eigenvalue weighted by atomic mass is 32.2. The normalized spacial score (nSPS) is 18.4. The van der Waals surface area contributed by atoms with Crippen LogP contribution in [0.3, 0.4) is 0 Å². The summed E-state index contributed by atoms with van der Waals surface area (Å²) in [5, 5.41) is 1.68. The molecular formula is C34H28F3N3O8S2. The second-order valence-electron chi connectivity index (χ2n) is 11.2. The Kier molecular flexibility index (Phi) is 9.50. The second-order valence-corrected chi connectivity index (χ2v) is 13.3. The van der Waals surface area contributed by atoms with E-state index in [1.807, 2.05) is 0 Å². The van der Waals surface area contributed by atoms with Crippen molar-refractivity contribution in [3.63, 3.8) is 0 Å². The molecule has 1 aromatic heterocycles. The Bertz CT molecular complexity index is 2060. The molecule has 1 N–H and O–H groups in total. The predicted molar refractivity (Wildman–Crippen MR) is 178 cm³/mol. The van der Waals surface area contributed by atoms with Gasteiger partial charge in [0.25, 0.3) is 0 Å². The minimum Gasteiger partial charge on any atom is -0.493 e. The molecule has 50 heavy (non-hydrogen) atoms.